The molecular weight excluding hydrogens is 190 g/mol. The molecule has 80 valence electrons. The van der Waals surface area contributed by atoms with Gasteiger partial charge in [0.05, 0.1) is 0 Å². The molecule has 0 amide bonds. The van der Waals surface area contributed by atoms with Crippen LogP contribution in [0.4, 0.5) is 5.95 Å². The summed E-state index contributed by atoms with van der Waals surface area (Å²) in [5, 5.41) is 0. The van der Waals surface area contributed by atoms with Crippen molar-refractivity contribution < 1.29 is 4.79 Å². The van der Waals surface area contributed by atoms with Crippen LogP contribution < -0.4 is 4.90 Å². The number of aldehydes is 1. The van der Waals surface area contributed by atoms with E-state index in [9.17, 15) is 4.79 Å². The van der Waals surface area contributed by atoms with Crippen LogP contribution in [-0.2, 0) is 0 Å². The molecule has 0 aliphatic carbocycles. The van der Waals surface area contributed by atoms with Gasteiger partial charge < -0.3 is 4.90 Å². The van der Waals surface area contributed by atoms with Gasteiger partial charge in [0.25, 0.3) is 0 Å². The van der Waals surface area contributed by atoms with Crippen molar-refractivity contribution >= 4 is 12.2 Å². The SMILES string of the molecule is O=Cc1ccnc(N2CCCCCC2)n1. The zero-order valence-electron chi connectivity index (χ0n) is 8.72. The normalized spacial score (nSPS) is 17.2. The number of aromatic nitrogens is 2. The van der Waals surface area contributed by atoms with E-state index in [0.29, 0.717) is 11.6 Å². The van der Waals surface area contributed by atoms with Gasteiger partial charge in [-0.1, -0.05) is 12.8 Å². The number of anilines is 1. The molecule has 4 heteroatoms. The molecule has 0 spiro atoms. The molecular formula is C11H15N3O. The second-order valence-electron chi connectivity index (χ2n) is 3.80. The minimum atomic E-state index is 0.462. The van der Waals surface area contributed by atoms with Crippen LogP contribution in [0.5, 0.6) is 0 Å². The highest BCUT2D eigenvalue weighted by molar-refractivity contribution is 5.71. The molecule has 0 bridgehead atoms. The number of nitrogens with zero attached hydrogens (tertiary/aromatic N) is 3. The lowest BCUT2D eigenvalue weighted by Gasteiger charge is -2.19. The number of carbonyl (C=O) groups excluding carboxylic acids is 1. The topological polar surface area (TPSA) is 46.1 Å². The van der Waals surface area contributed by atoms with Gasteiger partial charge >= 0.3 is 0 Å². The molecule has 1 aromatic heterocycles. The van der Waals surface area contributed by atoms with Gasteiger partial charge in [-0.3, -0.25) is 4.79 Å². The largest absolute Gasteiger partial charge is 0.341 e. The molecule has 0 unspecified atom stereocenters. The molecule has 0 N–H and O–H groups in total. The fraction of sp³-hybridized carbons (Fsp3) is 0.545. The van der Waals surface area contributed by atoms with Gasteiger partial charge in [-0.05, 0) is 18.9 Å². The second-order valence-corrected chi connectivity index (χ2v) is 3.80. The molecule has 4 nitrogen and oxygen atoms in total. The minimum Gasteiger partial charge on any atom is -0.341 e. The molecule has 0 aromatic carbocycles. The highest BCUT2D eigenvalue weighted by atomic mass is 16.1. The van der Waals surface area contributed by atoms with Crippen molar-refractivity contribution in [1.29, 1.82) is 0 Å². The van der Waals surface area contributed by atoms with Crippen LogP contribution in [0.25, 0.3) is 0 Å². The lowest BCUT2D eigenvalue weighted by Crippen LogP contribution is -2.26. The summed E-state index contributed by atoms with van der Waals surface area (Å²) in [5.41, 5.74) is 0.462. The van der Waals surface area contributed by atoms with Gasteiger partial charge in [0.15, 0.2) is 6.29 Å². The Bertz CT molecular complexity index is 332. The summed E-state index contributed by atoms with van der Waals surface area (Å²) >= 11 is 0. The lowest BCUT2D eigenvalue weighted by atomic mass is 10.2. The number of rotatable bonds is 2. The van der Waals surface area contributed by atoms with E-state index in [1.165, 1.54) is 25.7 Å². The summed E-state index contributed by atoms with van der Waals surface area (Å²) < 4.78 is 0. The Morgan fingerprint density at radius 1 is 1.20 bits per heavy atom. The van der Waals surface area contributed by atoms with E-state index < -0.39 is 0 Å². The summed E-state index contributed by atoms with van der Waals surface area (Å²) in [6.45, 7) is 2.00. The fourth-order valence-corrected chi connectivity index (χ4v) is 1.85. The van der Waals surface area contributed by atoms with Gasteiger partial charge in [0, 0.05) is 19.3 Å². The molecule has 1 aliphatic rings. The fourth-order valence-electron chi connectivity index (χ4n) is 1.85. The van der Waals surface area contributed by atoms with E-state index in [2.05, 4.69) is 14.9 Å². The highest BCUT2D eigenvalue weighted by Crippen LogP contribution is 2.14. The summed E-state index contributed by atoms with van der Waals surface area (Å²) in [7, 11) is 0. The van der Waals surface area contributed by atoms with Gasteiger partial charge in [0.2, 0.25) is 5.95 Å². The Labute approximate surface area is 89.3 Å². The van der Waals surface area contributed by atoms with Crippen LogP contribution in [0, 0.1) is 0 Å². The van der Waals surface area contributed by atoms with E-state index in [4.69, 9.17) is 0 Å². The highest BCUT2D eigenvalue weighted by Gasteiger charge is 2.12. The van der Waals surface area contributed by atoms with Crippen molar-refractivity contribution in [2.75, 3.05) is 18.0 Å². The van der Waals surface area contributed by atoms with Crippen molar-refractivity contribution in [2.45, 2.75) is 25.7 Å². The second kappa shape index (κ2) is 4.87. The summed E-state index contributed by atoms with van der Waals surface area (Å²) in [6, 6.07) is 1.63. The zero-order chi connectivity index (χ0) is 10.5. The maximum Gasteiger partial charge on any atom is 0.225 e. The number of carbonyl (C=O) groups is 1. The first kappa shape index (κ1) is 10.1. The summed E-state index contributed by atoms with van der Waals surface area (Å²) in [4.78, 5) is 21.2. The maximum atomic E-state index is 10.6. The Morgan fingerprint density at radius 2 is 1.93 bits per heavy atom. The predicted octanol–water partition coefficient (Wildman–Crippen LogP) is 1.67. The summed E-state index contributed by atoms with van der Waals surface area (Å²) in [6.07, 6.45) is 7.36. The average molecular weight is 205 g/mol. The Balaban J connectivity index is 2.15. The van der Waals surface area contributed by atoms with Crippen LogP contribution >= 0.6 is 0 Å². The molecule has 15 heavy (non-hydrogen) atoms. The molecule has 2 rings (SSSR count). The minimum absolute atomic E-state index is 0.462. The Kier molecular flexibility index (Phi) is 3.27. The van der Waals surface area contributed by atoms with Crippen molar-refractivity contribution in [2.24, 2.45) is 0 Å². The van der Waals surface area contributed by atoms with Gasteiger partial charge in [-0.15, -0.1) is 0 Å². The smallest absolute Gasteiger partial charge is 0.225 e. The number of hydrogen-bond acceptors (Lipinski definition) is 4. The first-order chi connectivity index (χ1) is 7.40. The third kappa shape index (κ3) is 2.52. The van der Waals surface area contributed by atoms with Crippen molar-refractivity contribution in [3.05, 3.63) is 18.0 Å². The quantitative estimate of drug-likeness (QED) is 0.689. The van der Waals surface area contributed by atoms with Gasteiger partial charge in [0.1, 0.15) is 5.69 Å². The van der Waals surface area contributed by atoms with E-state index in [1.54, 1.807) is 12.3 Å². The van der Waals surface area contributed by atoms with E-state index in [-0.39, 0.29) is 0 Å². The number of hydrogen-bond donors (Lipinski definition) is 0. The summed E-state index contributed by atoms with van der Waals surface area (Å²) in [5.74, 6) is 0.696. The molecule has 0 atom stereocenters. The van der Waals surface area contributed by atoms with Crippen LogP contribution in [-0.4, -0.2) is 29.3 Å². The van der Waals surface area contributed by atoms with Crippen molar-refractivity contribution in [3.63, 3.8) is 0 Å². The van der Waals surface area contributed by atoms with Crippen LogP contribution in [0.1, 0.15) is 36.2 Å². The first-order valence-corrected chi connectivity index (χ1v) is 5.43. The van der Waals surface area contributed by atoms with Gasteiger partial charge in [-0.2, -0.15) is 0 Å². The molecule has 1 aromatic rings. The van der Waals surface area contributed by atoms with E-state index in [0.717, 1.165) is 19.4 Å². The molecule has 1 saturated heterocycles. The first-order valence-electron chi connectivity index (χ1n) is 5.43. The van der Waals surface area contributed by atoms with Gasteiger partial charge in [-0.25, -0.2) is 9.97 Å². The third-order valence-corrected chi connectivity index (χ3v) is 2.67. The predicted molar refractivity (Wildman–Crippen MR) is 58.1 cm³/mol. The Morgan fingerprint density at radius 3 is 2.60 bits per heavy atom. The molecule has 0 saturated carbocycles. The Hall–Kier alpha value is -1.45. The van der Waals surface area contributed by atoms with Crippen LogP contribution in [0.3, 0.4) is 0 Å². The van der Waals surface area contributed by atoms with E-state index in [1.807, 2.05) is 0 Å². The average Bonchev–Trinajstić information content (AvgIpc) is 2.58. The van der Waals surface area contributed by atoms with Crippen LogP contribution in [0.15, 0.2) is 12.3 Å². The molecule has 2 heterocycles. The van der Waals surface area contributed by atoms with E-state index >= 15 is 0 Å². The lowest BCUT2D eigenvalue weighted by molar-refractivity contribution is 0.111. The maximum absolute atomic E-state index is 10.6. The molecule has 1 aliphatic heterocycles. The zero-order valence-corrected chi connectivity index (χ0v) is 8.72. The van der Waals surface area contributed by atoms with Crippen molar-refractivity contribution in [1.82, 2.24) is 9.97 Å². The monoisotopic (exact) mass is 205 g/mol. The standard InChI is InChI=1S/C11H15N3O/c15-9-10-5-6-12-11(13-10)14-7-3-1-2-4-8-14/h5-6,9H,1-4,7-8H2. The molecule has 1 fully saturated rings. The van der Waals surface area contributed by atoms with Crippen LogP contribution in [0.2, 0.25) is 0 Å². The third-order valence-electron chi connectivity index (χ3n) is 2.67. The van der Waals surface area contributed by atoms with Crippen molar-refractivity contribution in [3.8, 4) is 0 Å². The molecule has 0 radical (unpaired) electrons.